The van der Waals surface area contributed by atoms with Crippen LogP contribution in [0.15, 0.2) is 24.3 Å². The molecule has 1 fully saturated rings. The van der Waals surface area contributed by atoms with Gasteiger partial charge in [-0.25, -0.2) is 0 Å². The topological polar surface area (TPSA) is 44.0 Å². The third kappa shape index (κ3) is 1.43. The molecule has 2 heteroatoms. The van der Waals surface area contributed by atoms with Crippen LogP contribution in [0.5, 0.6) is 0 Å². The quantitative estimate of drug-likeness (QED) is 0.740. The van der Waals surface area contributed by atoms with Gasteiger partial charge in [-0.3, -0.25) is 0 Å². The van der Waals surface area contributed by atoms with Gasteiger partial charge in [0.2, 0.25) is 0 Å². The zero-order valence-electron chi connectivity index (χ0n) is 7.33. The Labute approximate surface area is 77.4 Å². The lowest BCUT2D eigenvalue weighted by Gasteiger charge is -2.11. The van der Waals surface area contributed by atoms with E-state index in [1.165, 1.54) is 0 Å². The summed E-state index contributed by atoms with van der Waals surface area (Å²) in [7, 11) is 0. The first-order chi connectivity index (χ1) is 6.26. The molecule has 2 rings (SSSR count). The van der Waals surface area contributed by atoms with Crippen LogP contribution in [0.2, 0.25) is 0 Å². The molecular formula is C11H11NO. The lowest BCUT2D eigenvalue weighted by molar-refractivity contribution is 0.150. The minimum atomic E-state index is -0.618. The average Bonchev–Trinajstić information content (AvgIpc) is 2.86. The lowest BCUT2D eigenvalue weighted by atomic mass is 9.99. The van der Waals surface area contributed by atoms with E-state index in [-0.39, 0.29) is 0 Å². The maximum atomic E-state index is 9.90. The number of aliphatic hydroxyl groups is 1. The van der Waals surface area contributed by atoms with E-state index in [9.17, 15) is 5.11 Å². The van der Waals surface area contributed by atoms with Crippen molar-refractivity contribution in [3.05, 3.63) is 35.4 Å². The van der Waals surface area contributed by atoms with Crippen molar-refractivity contribution >= 4 is 0 Å². The van der Waals surface area contributed by atoms with E-state index < -0.39 is 5.60 Å². The molecule has 0 aliphatic heterocycles. The normalized spacial score (nSPS) is 17.8. The third-order valence-corrected chi connectivity index (χ3v) is 2.51. The van der Waals surface area contributed by atoms with E-state index in [1.807, 2.05) is 24.3 Å². The average molecular weight is 173 g/mol. The molecule has 0 heterocycles. The van der Waals surface area contributed by atoms with Crippen LogP contribution in [-0.2, 0) is 12.0 Å². The van der Waals surface area contributed by atoms with E-state index in [1.54, 1.807) is 0 Å². The minimum Gasteiger partial charge on any atom is -0.385 e. The van der Waals surface area contributed by atoms with E-state index in [4.69, 9.17) is 5.26 Å². The Hall–Kier alpha value is -1.33. The monoisotopic (exact) mass is 173 g/mol. The van der Waals surface area contributed by atoms with Gasteiger partial charge in [-0.15, -0.1) is 0 Å². The lowest BCUT2D eigenvalue weighted by Crippen LogP contribution is -2.07. The molecule has 66 valence electrons. The maximum Gasteiger partial charge on any atom is 0.0902 e. The fourth-order valence-corrected chi connectivity index (χ4v) is 1.60. The number of nitriles is 1. The Morgan fingerprint density at radius 3 is 2.69 bits per heavy atom. The predicted molar refractivity (Wildman–Crippen MR) is 48.9 cm³/mol. The van der Waals surface area contributed by atoms with Gasteiger partial charge >= 0.3 is 0 Å². The Kier molecular flexibility index (Phi) is 1.82. The molecule has 0 atom stereocenters. The summed E-state index contributed by atoms with van der Waals surface area (Å²) in [6, 6.07) is 9.75. The molecule has 0 saturated heterocycles. The Morgan fingerprint density at radius 2 is 2.08 bits per heavy atom. The second-order valence-electron chi connectivity index (χ2n) is 3.52. The third-order valence-electron chi connectivity index (χ3n) is 2.51. The highest BCUT2D eigenvalue weighted by atomic mass is 16.3. The van der Waals surface area contributed by atoms with Crippen LogP contribution >= 0.6 is 0 Å². The highest BCUT2D eigenvalue weighted by molar-refractivity contribution is 5.37. The summed E-state index contributed by atoms with van der Waals surface area (Å²) in [6.07, 6.45) is 2.05. The fraction of sp³-hybridized carbons (Fsp3) is 0.364. The van der Waals surface area contributed by atoms with Crippen molar-refractivity contribution in [3.63, 3.8) is 0 Å². The van der Waals surface area contributed by atoms with Crippen molar-refractivity contribution in [2.24, 2.45) is 0 Å². The molecule has 0 bridgehead atoms. The van der Waals surface area contributed by atoms with Crippen LogP contribution < -0.4 is 0 Å². The molecule has 13 heavy (non-hydrogen) atoms. The Morgan fingerprint density at radius 1 is 1.38 bits per heavy atom. The first-order valence-corrected chi connectivity index (χ1v) is 4.44. The van der Waals surface area contributed by atoms with Crippen LogP contribution in [0.1, 0.15) is 24.0 Å². The summed E-state index contributed by atoms with van der Waals surface area (Å²) in [5.41, 5.74) is 1.29. The van der Waals surface area contributed by atoms with Crippen molar-refractivity contribution in [1.82, 2.24) is 0 Å². The van der Waals surface area contributed by atoms with Crippen molar-refractivity contribution < 1.29 is 5.11 Å². The van der Waals surface area contributed by atoms with Crippen LogP contribution in [0.25, 0.3) is 0 Å². The number of hydrogen-bond donors (Lipinski definition) is 1. The molecule has 1 N–H and O–H groups in total. The largest absolute Gasteiger partial charge is 0.385 e. The van der Waals surface area contributed by atoms with E-state index in [0.717, 1.165) is 24.0 Å². The molecule has 1 aromatic rings. The molecule has 0 spiro atoms. The van der Waals surface area contributed by atoms with E-state index in [2.05, 4.69) is 6.07 Å². The summed E-state index contributed by atoms with van der Waals surface area (Å²) in [5.74, 6) is 0. The van der Waals surface area contributed by atoms with Crippen molar-refractivity contribution in [1.29, 1.82) is 5.26 Å². The Bertz CT molecular complexity index is 361. The van der Waals surface area contributed by atoms with E-state index in [0.29, 0.717) is 6.42 Å². The van der Waals surface area contributed by atoms with Gasteiger partial charge in [-0.2, -0.15) is 5.26 Å². The summed E-state index contributed by atoms with van der Waals surface area (Å²) in [6.45, 7) is 0. The molecule has 0 unspecified atom stereocenters. The van der Waals surface area contributed by atoms with Gasteiger partial charge in [-0.05, 0) is 24.0 Å². The number of rotatable bonds is 2. The summed E-state index contributed by atoms with van der Waals surface area (Å²) < 4.78 is 0. The first kappa shape index (κ1) is 8.28. The van der Waals surface area contributed by atoms with Gasteiger partial charge in [0.15, 0.2) is 0 Å². The SMILES string of the molecule is N#CCc1ccccc1C1(O)CC1. The highest BCUT2D eigenvalue weighted by Gasteiger charge is 2.43. The molecule has 1 saturated carbocycles. The Balaban J connectivity index is 2.39. The van der Waals surface area contributed by atoms with Crippen molar-refractivity contribution in [2.45, 2.75) is 24.9 Å². The van der Waals surface area contributed by atoms with E-state index >= 15 is 0 Å². The molecular weight excluding hydrogens is 162 g/mol. The zero-order chi connectivity index (χ0) is 9.31. The van der Waals surface area contributed by atoms with Crippen molar-refractivity contribution in [2.75, 3.05) is 0 Å². The molecule has 1 aliphatic rings. The number of hydrogen-bond acceptors (Lipinski definition) is 2. The van der Waals surface area contributed by atoms with Gasteiger partial charge < -0.3 is 5.11 Å². The van der Waals surface area contributed by atoms with Crippen LogP contribution in [0, 0.1) is 11.3 Å². The molecule has 0 aromatic heterocycles. The maximum absolute atomic E-state index is 9.90. The standard InChI is InChI=1S/C11H11NO/c12-8-5-9-3-1-2-4-10(9)11(13)6-7-11/h1-4,13H,5-7H2. The van der Waals surface area contributed by atoms with Gasteiger partial charge in [0.1, 0.15) is 0 Å². The van der Waals surface area contributed by atoms with Crippen molar-refractivity contribution in [3.8, 4) is 6.07 Å². The predicted octanol–water partition coefficient (Wildman–Crippen LogP) is 1.73. The summed E-state index contributed by atoms with van der Waals surface area (Å²) in [5, 5.41) is 18.5. The van der Waals surface area contributed by atoms with Gasteiger partial charge in [0, 0.05) is 0 Å². The first-order valence-electron chi connectivity index (χ1n) is 4.44. The van der Waals surface area contributed by atoms with Crippen LogP contribution in [-0.4, -0.2) is 5.11 Å². The second kappa shape index (κ2) is 2.86. The second-order valence-corrected chi connectivity index (χ2v) is 3.52. The molecule has 2 nitrogen and oxygen atoms in total. The number of nitrogens with zero attached hydrogens (tertiary/aromatic N) is 1. The molecule has 1 aromatic carbocycles. The van der Waals surface area contributed by atoms with Gasteiger partial charge in [0.25, 0.3) is 0 Å². The van der Waals surface area contributed by atoms with Crippen LogP contribution in [0.3, 0.4) is 0 Å². The zero-order valence-corrected chi connectivity index (χ0v) is 7.33. The van der Waals surface area contributed by atoms with Crippen LogP contribution in [0.4, 0.5) is 0 Å². The van der Waals surface area contributed by atoms with Gasteiger partial charge in [-0.1, -0.05) is 24.3 Å². The fourth-order valence-electron chi connectivity index (χ4n) is 1.60. The highest BCUT2D eigenvalue weighted by Crippen LogP contribution is 2.46. The number of benzene rings is 1. The van der Waals surface area contributed by atoms with Gasteiger partial charge in [0.05, 0.1) is 18.1 Å². The smallest absolute Gasteiger partial charge is 0.0902 e. The molecule has 0 radical (unpaired) electrons. The molecule has 1 aliphatic carbocycles. The minimum absolute atomic E-state index is 0.387. The summed E-state index contributed by atoms with van der Waals surface area (Å²) >= 11 is 0. The molecule has 0 amide bonds. The summed E-state index contributed by atoms with van der Waals surface area (Å²) in [4.78, 5) is 0.